The van der Waals surface area contributed by atoms with Crippen molar-refractivity contribution in [3.05, 3.63) is 5.01 Å². The molecular weight excluding hydrogens is 317 g/mol. The van der Waals surface area contributed by atoms with E-state index >= 15 is 0 Å². The van der Waals surface area contributed by atoms with Crippen molar-refractivity contribution in [3.63, 3.8) is 0 Å². The summed E-state index contributed by atoms with van der Waals surface area (Å²) in [7, 11) is -3.34. The minimum absolute atomic E-state index is 0.164. The molecule has 1 aliphatic heterocycles. The van der Waals surface area contributed by atoms with E-state index in [-0.39, 0.29) is 11.2 Å². The Balaban J connectivity index is 2.07. The summed E-state index contributed by atoms with van der Waals surface area (Å²) in [6, 6.07) is -0.322. The van der Waals surface area contributed by atoms with Crippen LogP contribution in [0.2, 0.25) is 0 Å². The summed E-state index contributed by atoms with van der Waals surface area (Å²) in [6.45, 7) is 0.827. The number of anilines is 1. The minimum Gasteiger partial charge on any atom is -0.345 e. The van der Waals surface area contributed by atoms with Gasteiger partial charge >= 0.3 is 6.18 Å². The number of sulfonamides is 1. The third-order valence-electron chi connectivity index (χ3n) is 2.73. The molecule has 114 valence electrons. The molecule has 0 radical (unpaired) electrons. The standard InChI is InChI=1S/C9H13F3N4O2S2/c1-20(17,18)15-6-3-2-4-16(5-6)8-14-13-7(19-8)9(10,11)12/h6,15H,2-5H2,1H3. The van der Waals surface area contributed by atoms with E-state index in [9.17, 15) is 21.6 Å². The summed E-state index contributed by atoms with van der Waals surface area (Å²) >= 11 is 0.468. The fraction of sp³-hybridized carbons (Fsp3) is 0.778. The molecule has 0 spiro atoms. The first-order valence-corrected chi connectivity index (χ1v) is 8.49. The molecule has 1 aromatic heterocycles. The molecule has 0 bridgehead atoms. The second kappa shape index (κ2) is 5.45. The van der Waals surface area contributed by atoms with Crippen molar-refractivity contribution in [2.24, 2.45) is 0 Å². The zero-order chi connectivity index (χ0) is 15.0. The van der Waals surface area contributed by atoms with Crippen molar-refractivity contribution in [1.29, 1.82) is 0 Å². The van der Waals surface area contributed by atoms with E-state index in [1.54, 1.807) is 4.90 Å². The van der Waals surface area contributed by atoms with Crippen LogP contribution in [-0.4, -0.2) is 44.0 Å². The lowest BCUT2D eigenvalue weighted by molar-refractivity contribution is -0.138. The van der Waals surface area contributed by atoms with Crippen molar-refractivity contribution >= 4 is 26.5 Å². The van der Waals surface area contributed by atoms with Crippen LogP contribution in [0.5, 0.6) is 0 Å². The SMILES string of the molecule is CS(=O)(=O)NC1CCCN(c2nnc(C(F)(F)F)s2)C1. The zero-order valence-electron chi connectivity index (χ0n) is 10.5. The highest BCUT2D eigenvalue weighted by molar-refractivity contribution is 7.88. The number of halogens is 3. The Morgan fingerprint density at radius 3 is 2.65 bits per heavy atom. The molecular formula is C9H13F3N4O2S2. The van der Waals surface area contributed by atoms with E-state index in [0.29, 0.717) is 37.3 Å². The Labute approximate surface area is 118 Å². The predicted octanol–water partition coefficient (Wildman–Crippen LogP) is 1.07. The van der Waals surface area contributed by atoms with E-state index in [0.717, 1.165) is 6.26 Å². The Hall–Kier alpha value is -0.940. The lowest BCUT2D eigenvalue weighted by atomic mass is 10.1. The Bertz CT molecular complexity index is 572. The van der Waals surface area contributed by atoms with E-state index < -0.39 is 21.2 Å². The van der Waals surface area contributed by atoms with E-state index in [1.807, 2.05) is 0 Å². The van der Waals surface area contributed by atoms with Crippen LogP contribution in [0.3, 0.4) is 0 Å². The van der Waals surface area contributed by atoms with E-state index in [4.69, 9.17) is 0 Å². The lowest BCUT2D eigenvalue weighted by Crippen LogP contribution is -2.47. The number of hydrogen-bond acceptors (Lipinski definition) is 6. The van der Waals surface area contributed by atoms with Crippen molar-refractivity contribution in [2.45, 2.75) is 25.1 Å². The van der Waals surface area contributed by atoms with Crippen LogP contribution in [0.15, 0.2) is 0 Å². The minimum atomic E-state index is -4.50. The monoisotopic (exact) mass is 330 g/mol. The van der Waals surface area contributed by atoms with Crippen molar-refractivity contribution < 1.29 is 21.6 Å². The lowest BCUT2D eigenvalue weighted by Gasteiger charge is -2.32. The largest absolute Gasteiger partial charge is 0.445 e. The third kappa shape index (κ3) is 4.03. The second-order valence-electron chi connectivity index (χ2n) is 4.56. The number of nitrogens with one attached hydrogen (secondary N) is 1. The highest BCUT2D eigenvalue weighted by Crippen LogP contribution is 2.34. The average Bonchev–Trinajstić information content (AvgIpc) is 2.75. The highest BCUT2D eigenvalue weighted by atomic mass is 32.2. The summed E-state index contributed by atoms with van der Waals surface area (Å²) in [5, 5.41) is 5.83. The molecule has 0 aromatic carbocycles. The topological polar surface area (TPSA) is 75.2 Å². The van der Waals surface area contributed by atoms with Crippen LogP contribution >= 0.6 is 11.3 Å². The number of rotatable bonds is 3. The number of alkyl halides is 3. The fourth-order valence-electron chi connectivity index (χ4n) is 2.01. The molecule has 1 fully saturated rings. The Morgan fingerprint density at radius 2 is 2.10 bits per heavy atom. The molecule has 6 nitrogen and oxygen atoms in total. The third-order valence-corrected chi connectivity index (χ3v) is 4.52. The Kier molecular flexibility index (Phi) is 4.21. The summed E-state index contributed by atoms with van der Waals surface area (Å²) in [5.41, 5.74) is 0. The van der Waals surface area contributed by atoms with Crippen molar-refractivity contribution in [2.75, 3.05) is 24.2 Å². The van der Waals surface area contributed by atoms with Gasteiger partial charge in [0.15, 0.2) is 0 Å². The van der Waals surface area contributed by atoms with Gasteiger partial charge in [0.25, 0.3) is 0 Å². The smallest absolute Gasteiger partial charge is 0.345 e. The van der Waals surface area contributed by atoms with Gasteiger partial charge in [-0.2, -0.15) is 13.2 Å². The molecule has 0 saturated carbocycles. The van der Waals surface area contributed by atoms with Gasteiger partial charge in [0, 0.05) is 19.1 Å². The van der Waals surface area contributed by atoms with Crippen LogP contribution in [0.4, 0.5) is 18.3 Å². The van der Waals surface area contributed by atoms with Crippen LogP contribution < -0.4 is 9.62 Å². The number of nitrogens with zero attached hydrogens (tertiary/aromatic N) is 3. The molecule has 0 amide bonds. The quantitative estimate of drug-likeness (QED) is 0.897. The van der Waals surface area contributed by atoms with Gasteiger partial charge in [0.05, 0.1) is 6.26 Å². The van der Waals surface area contributed by atoms with Crippen LogP contribution in [0, 0.1) is 0 Å². The van der Waals surface area contributed by atoms with Gasteiger partial charge in [-0.3, -0.25) is 0 Å². The number of hydrogen-bond donors (Lipinski definition) is 1. The van der Waals surface area contributed by atoms with Gasteiger partial charge in [0.2, 0.25) is 20.2 Å². The first kappa shape index (κ1) is 15.4. The molecule has 1 N–H and O–H groups in total. The normalized spacial score (nSPS) is 21.2. The summed E-state index contributed by atoms with van der Waals surface area (Å²) in [6.07, 6.45) is -2.13. The van der Waals surface area contributed by atoms with Crippen LogP contribution in [0.1, 0.15) is 17.8 Å². The predicted molar refractivity (Wildman–Crippen MR) is 68.1 cm³/mol. The number of piperidine rings is 1. The maximum Gasteiger partial charge on any atom is 0.445 e. The molecule has 1 atom stereocenters. The maximum atomic E-state index is 12.5. The molecule has 20 heavy (non-hydrogen) atoms. The van der Waals surface area contributed by atoms with Crippen LogP contribution in [0.25, 0.3) is 0 Å². The first-order valence-electron chi connectivity index (χ1n) is 5.78. The molecule has 1 saturated heterocycles. The molecule has 1 aliphatic rings. The van der Waals surface area contributed by atoms with Gasteiger partial charge in [-0.1, -0.05) is 11.3 Å². The van der Waals surface area contributed by atoms with Crippen LogP contribution in [-0.2, 0) is 16.2 Å². The van der Waals surface area contributed by atoms with E-state index in [2.05, 4.69) is 14.9 Å². The van der Waals surface area contributed by atoms with Crippen molar-refractivity contribution in [1.82, 2.24) is 14.9 Å². The molecule has 0 aliphatic carbocycles. The second-order valence-corrected chi connectivity index (χ2v) is 7.30. The highest BCUT2D eigenvalue weighted by Gasteiger charge is 2.36. The van der Waals surface area contributed by atoms with Gasteiger partial charge in [0.1, 0.15) is 0 Å². The van der Waals surface area contributed by atoms with Crippen molar-refractivity contribution in [3.8, 4) is 0 Å². The fourth-order valence-corrected chi connectivity index (χ4v) is 3.55. The molecule has 2 heterocycles. The maximum absolute atomic E-state index is 12.5. The first-order chi connectivity index (χ1) is 9.15. The van der Waals surface area contributed by atoms with Gasteiger partial charge in [-0.15, -0.1) is 10.2 Å². The molecule has 11 heteroatoms. The van der Waals surface area contributed by atoms with Gasteiger partial charge in [-0.25, -0.2) is 13.1 Å². The summed E-state index contributed by atoms with van der Waals surface area (Å²) in [5.74, 6) is 0. The summed E-state index contributed by atoms with van der Waals surface area (Å²) in [4.78, 5) is 1.62. The van der Waals surface area contributed by atoms with E-state index in [1.165, 1.54) is 0 Å². The number of aromatic nitrogens is 2. The van der Waals surface area contributed by atoms with Gasteiger partial charge < -0.3 is 4.90 Å². The molecule has 1 aromatic rings. The Morgan fingerprint density at radius 1 is 1.40 bits per heavy atom. The molecule has 1 unspecified atom stereocenters. The zero-order valence-corrected chi connectivity index (χ0v) is 12.1. The molecule has 2 rings (SSSR count). The van der Waals surface area contributed by atoms with Gasteiger partial charge in [-0.05, 0) is 12.8 Å². The summed E-state index contributed by atoms with van der Waals surface area (Å²) < 4.78 is 62.2. The average molecular weight is 330 g/mol.